The molecule has 0 bridgehead atoms. The molecular formula is C23H19N3O4. The van der Waals surface area contributed by atoms with Crippen molar-refractivity contribution in [3.8, 4) is 39.8 Å². The third kappa shape index (κ3) is 3.68. The van der Waals surface area contributed by atoms with Crippen molar-refractivity contribution in [3.05, 3.63) is 78.4 Å². The monoisotopic (exact) mass is 401 g/mol. The molecule has 7 nitrogen and oxygen atoms in total. The molecule has 0 unspecified atom stereocenters. The molecule has 7 heteroatoms. The summed E-state index contributed by atoms with van der Waals surface area (Å²) in [6.45, 7) is 1.64. The van der Waals surface area contributed by atoms with Gasteiger partial charge in [0.05, 0.1) is 5.71 Å². The van der Waals surface area contributed by atoms with Crippen LogP contribution in [0.2, 0.25) is 0 Å². The van der Waals surface area contributed by atoms with E-state index in [4.69, 9.17) is 4.42 Å². The molecule has 4 rings (SSSR count). The van der Waals surface area contributed by atoms with Crippen molar-refractivity contribution in [1.82, 2.24) is 4.98 Å². The van der Waals surface area contributed by atoms with E-state index >= 15 is 0 Å². The van der Waals surface area contributed by atoms with Gasteiger partial charge in [-0.15, -0.1) is 0 Å². The van der Waals surface area contributed by atoms with E-state index in [2.05, 4.69) is 15.5 Å². The van der Waals surface area contributed by atoms with Gasteiger partial charge in [0.15, 0.2) is 17.3 Å². The molecule has 0 spiro atoms. The van der Waals surface area contributed by atoms with Gasteiger partial charge in [-0.05, 0) is 19.1 Å². The van der Waals surface area contributed by atoms with E-state index in [0.717, 1.165) is 11.1 Å². The molecule has 0 fully saturated rings. The number of nitrogens with zero attached hydrogens (tertiary/aromatic N) is 2. The summed E-state index contributed by atoms with van der Waals surface area (Å²) in [6.07, 6.45) is 0. The van der Waals surface area contributed by atoms with Crippen molar-refractivity contribution >= 4 is 11.7 Å². The molecule has 0 aliphatic rings. The second kappa shape index (κ2) is 8.00. The standard InChI is InChI=1S/C23H19N3O4/c1-14(17-12-13-18(27)21(29)20(17)28)25-26-23-24-19(15-8-4-2-5-9-15)22(30-23)16-10-6-3-7-11-16/h2-13,27-29H,1H3,(H,24,26)/b25-14+. The second-order valence-electron chi connectivity index (χ2n) is 6.57. The first-order valence-electron chi connectivity index (χ1n) is 9.21. The van der Waals surface area contributed by atoms with Crippen LogP contribution in [-0.4, -0.2) is 26.0 Å². The SMILES string of the molecule is C/C(=N\Nc1nc(-c2ccccc2)c(-c2ccccc2)o1)c1ccc(O)c(O)c1O. The van der Waals surface area contributed by atoms with Crippen LogP contribution in [0, 0.1) is 0 Å². The van der Waals surface area contributed by atoms with E-state index < -0.39 is 17.2 Å². The smallest absolute Gasteiger partial charge is 0.316 e. The lowest BCUT2D eigenvalue weighted by Crippen LogP contribution is -2.00. The van der Waals surface area contributed by atoms with E-state index in [1.54, 1.807) is 6.92 Å². The van der Waals surface area contributed by atoms with E-state index in [9.17, 15) is 15.3 Å². The molecule has 0 aliphatic heterocycles. The zero-order chi connectivity index (χ0) is 21.1. The summed E-state index contributed by atoms with van der Waals surface area (Å²) < 4.78 is 5.93. The minimum Gasteiger partial charge on any atom is -0.504 e. The van der Waals surface area contributed by atoms with E-state index in [0.29, 0.717) is 17.2 Å². The van der Waals surface area contributed by atoms with Crippen LogP contribution in [-0.2, 0) is 0 Å². The van der Waals surface area contributed by atoms with E-state index in [1.165, 1.54) is 12.1 Å². The summed E-state index contributed by atoms with van der Waals surface area (Å²) in [5.74, 6) is -0.872. The zero-order valence-corrected chi connectivity index (χ0v) is 16.1. The van der Waals surface area contributed by atoms with Gasteiger partial charge in [-0.1, -0.05) is 60.7 Å². The van der Waals surface area contributed by atoms with Crippen LogP contribution in [0.25, 0.3) is 22.6 Å². The fourth-order valence-corrected chi connectivity index (χ4v) is 3.00. The van der Waals surface area contributed by atoms with E-state index in [-0.39, 0.29) is 11.6 Å². The largest absolute Gasteiger partial charge is 0.504 e. The number of anilines is 1. The number of rotatable bonds is 5. The molecule has 0 aliphatic carbocycles. The average molecular weight is 401 g/mol. The lowest BCUT2D eigenvalue weighted by atomic mass is 10.1. The minimum absolute atomic E-state index is 0.176. The highest BCUT2D eigenvalue weighted by Gasteiger charge is 2.17. The maximum atomic E-state index is 10.0. The summed E-state index contributed by atoms with van der Waals surface area (Å²) in [4.78, 5) is 4.54. The number of phenolic OH excluding ortho intramolecular Hbond substituents is 3. The number of oxazole rings is 1. The zero-order valence-electron chi connectivity index (χ0n) is 16.1. The Labute approximate surface area is 172 Å². The van der Waals surface area contributed by atoms with Crippen LogP contribution >= 0.6 is 0 Å². The number of hydrazone groups is 1. The highest BCUT2D eigenvalue weighted by atomic mass is 16.4. The predicted molar refractivity (Wildman–Crippen MR) is 115 cm³/mol. The Bertz CT molecular complexity index is 1150. The van der Waals surface area contributed by atoms with Gasteiger partial charge < -0.3 is 19.7 Å². The van der Waals surface area contributed by atoms with Crippen LogP contribution in [0.4, 0.5) is 6.01 Å². The first kappa shape index (κ1) is 19.1. The van der Waals surface area contributed by atoms with Crippen LogP contribution in [0.15, 0.2) is 82.3 Å². The molecule has 0 amide bonds. The van der Waals surface area contributed by atoms with Crippen LogP contribution in [0.3, 0.4) is 0 Å². The molecule has 150 valence electrons. The topological polar surface area (TPSA) is 111 Å². The van der Waals surface area contributed by atoms with Crippen molar-refractivity contribution in [2.75, 3.05) is 5.43 Å². The Morgan fingerprint density at radius 3 is 2.13 bits per heavy atom. The third-order valence-electron chi connectivity index (χ3n) is 4.55. The van der Waals surface area contributed by atoms with Crippen molar-refractivity contribution in [2.24, 2.45) is 5.10 Å². The van der Waals surface area contributed by atoms with Gasteiger partial charge in [-0.3, -0.25) is 0 Å². The van der Waals surface area contributed by atoms with E-state index in [1.807, 2.05) is 60.7 Å². The molecule has 4 aromatic rings. The number of aromatic nitrogens is 1. The van der Waals surface area contributed by atoms with Crippen molar-refractivity contribution < 1.29 is 19.7 Å². The van der Waals surface area contributed by atoms with Crippen molar-refractivity contribution in [2.45, 2.75) is 6.92 Å². The molecule has 3 aromatic carbocycles. The minimum atomic E-state index is -0.601. The number of phenols is 3. The molecular weight excluding hydrogens is 382 g/mol. The van der Waals surface area contributed by atoms with Gasteiger partial charge in [0, 0.05) is 16.7 Å². The summed E-state index contributed by atoms with van der Waals surface area (Å²) >= 11 is 0. The van der Waals surface area contributed by atoms with Crippen molar-refractivity contribution in [1.29, 1.82) is 0 Å². The average Bonchev–Trinajstić information content (AvgIpc) is 3.21. The van der Waals surface area contributed by atoms with Crippen molar-refractivity contribution in [3.63, 3.8) is 0 Å². The maximum absolute atomic E-state index is 10.0. The Balaban J connectivity index is 1.70. The van der Waals surface area contributed by atoms with Crippen LogP contribution in [0.5, 0.6) is 17.2 Å². The van der Waals surface area contributed by atoms with Crippen LogP contribution < -0.4 is 5.43 Å². The number of hydrogen-bond acceptors (Lipinski definition) is 7. The molecule has 0 saturated carbocycles. The molecule has 1 heterocycles. The highest BCUT2D eigenvalue weighted by Crippen LogP contribution is 2.37. The Morgan fingerprint density at radius 2 is 1.47 bits per heavy atom. The third-order valence-corrected chi connectivity index (χ3v) is 4.55. The number of hydrogen-bond donors (Lipinski definition) is 4. The normalized spacial score (nSPS) is 11.4. The molecule has 4 N–H and O–H groups in total. The first-order valence-corrected chi connectivity index (χ1v) is 9.21. The number of aromatic hydroxyl groups is 3. The molecule has 0 radical (unpaired) electrons. The van der Waals surface area contributed by atoms with Gasteiger partial charge in [-0.2, -0.15) is 10.1 Å². The fourth-order valence-electron chi connectivity index (χ4n) is 3.00. The van der Waals surface area contributed by atoms with Gasteiger partial charge in [0.1, 0.15) is 5.69 Å². The Morgan fingerprint density at radius 1 is 0.833 bits per heavy atom. The number of benzene rings is 3. The second-order valence-corrected chi connectivity index (χ2v) is 6.57. The lowest BCUT2D eigenvalue weighted by molar-refractivity contribution is 0.367. The Kier molecular flexibility index (Phi) is 5.09. The molecule has 1 aromatic heterocycles. The van der Waals surface area contributed by atoms with Gasteiger partial charge in [0.2, 0.25) is 5.75 Å². The summed E-state index contributed by atoms with van der Waals surface area (Å²) in [6, 6.07) is 22.2. The highest BCUT2D eigenvalue weighted by molar-refractivity contribution is 6.02. The predicted octanol–water partition coefficient (Wildman–Crippen LogP) is 4.96. The van der Waals surface area contributed by atoms with Crippen LogP contribution in [0.1, 0.15) is 12.5 Å². The van der Waals surface area contributed by atoms with Gasteiger partial charge in [0.25, 0.3) is 0 Å². The maximum Gasteiger partial charge on any atom is 0.316 e. The quantitative estimate of drug-likeness (QED) is 0.214. The molecule has 0 saturated heterocycles. The summed E-state index contributed by atoms with van der Waals surface area (Å²) in [7, 11) is 0. The molecule has 0 atom stereocenters. The number of nitrogens with one attached hydrogen (secondary N) is 1. The van der Waals surface area contributed by atoms with Gasteiger partial charge >= 0.3 is 6.01 Å². The van der Waals surface area contributed by atoms with Gasteiger partial charge in [-0.25, -0.2) is 5.43 Å². The first-order chi connectivity index (χ1) is 14.5. The molecule has 30 heavy (non-hydrogen) atoms. The Hall–Kier alpha value is -4.26. The lowest BCUT2D eigenvalue weighted by Gasteiger charge is -2.07. The summed E-state index contributed by atoms with van der Waals surface area (Å²) in [5, 5.41) is 33.4. The summed E-state index contributed by atoms with van der Waals surface area (Å²) in [5.41, 5.74) is 5.82. The fraction of sp³-hybridized carbons (Fsp3) is 0.0435.